The summed E-state index contributed by atoms with van der Waals surface area (Å²) in [7, 11) is 0. The lowest BCUT2D eigenvalue weighted by atomic mass is 10.1. The van der Waals surface area contributed by atoms with Gasteiger partial charge in [-0.05, 0) is 24.1 Å². The zero-order valence-electron chi connectivity index (χ0n) is 17.2. The van der Waals surface area contributed by atoms with Crippen LogP contribution in [0.1, 0.15) is 25.3 Å². The molecule has 10 heteroatoms. The first-order valence-corrected chi connectivity index (χ1v) is 10.1. The molecule has 2 amide bonds. The number of nitrogens with one attached hydrogen (secondary N) is 2. The number of carbonyl (C=O) groups is 2. The molecular weight excluding hydrogens is 408 g/mol. The van der Waals surface area contributed by atoms with Crippen LogP contribution >= 0.6 is 0 Å². The first-order valence-electron chi connectivity index (χ1n) is 10.1. The van der Waals surface area contributed by atoms with E-state index in [9.17, 15) is 18.4 Å². The summed E-state index contributed by atoms with van der Waals surface area (Å²) in [6.07, 6.45) is 3.84. The van der Waals surface area contributed by atoms with Crippen LogP contribution in [0.2, 0.25) is 0 Å². The Morgan fingerprint density at radius 3 is 2.45 bits per heavy atom. The lowest BCUT2D eigenvalue weighted by Crippen LogP contribution is -2.44. The quantitative estimate of drug-likeness (QED) is 0.662. The fourth-order valence-corrected chi connectivity index (χ4v) is 3.26. The molecule has 1 aromatic heterocycles. The van der Waals surface area contributed by atoms with Crippen LogP contribution in [0.3, 0.4) is 0 Å². The van der Waals surface area contributed by atoms with Gasteiger partial charge < -0.3 is 20.3 Å². The predicted octanol–water partition coefficient (Wildman–Crippen LogP) is 2.06. The van der Waals surface area contributed by atoms with Gasteiger partial charge in [0.25, 0.3) is 0 Å². The molecule has 8 nitrogen and oxygen atoms in total. The Labute approximate surface area is 179 Å². The van der Waals surface area contributed by atoms with E-state index >= 15 is 0 Å². The van der Waals surface area contributed by atoms with Crippen molar-refractivity contribution in [1.29, 1.82) is 0 Å². The van der Waals surface area contributed by atoms with E-state index in [4.69, 9.17) is 4.74 Å². The second-order valence-electron chi connectivity index (χ2n) is 7.21. The number of hydrogen-bond donors (Lipinski definition) is 2. The highest BCUT2D eigenvalue weighted by molar-refractivity contribution is 5.96. The minimum Gasteiger partial charge on any atom is -0.378 e. The number of anilines is 2. The van der Waals surface area contributed by atoms with Gasteiger partial charge in [-0.25, -0.2) is 18.7 Å². The Kier molecular flexibility index (Phi) is 7.82. The highest BCUT2D eigenvalue weighted by Gasteiger charge is 2.21. The maximum Gasteiger partial charge on any atom is 0.248 e. The lowest BCUT2D eigenvalue weighted by Gasteiger charge is -2.27. The van der Waals surface area contributed by atoms with E-state index in [1.165, 1.54) is 6.20 Å². The molecule has 1 aromatic carbocycles. The summed E-state index contributed by atoms with van der Waals surface area (Å²) in [5.74, 6) is -1.50. The van der Waals surface area contributed by atoms with Crippen LogP contribution in [0.4, 0.5) is 20.4 Å². The number of nitrogens with zero attached hydrogens (tertiary/aromatic N) is 3. The molecular formula is C21H25F2N5O3. The van der Waals surface area contributed by atoms with Crippen molar-refractivity contribution in [3.8, 4) is 0 Å². The van der Waals surface area contributed by atoms with Crippen molar-refractivity contribution >= 4 is 23.5 Å². The molecule has 2 N–H and O–H groups in total. The maximum absolute atomic E-state index is 13.3. The second kappa shape index (κ2) is 10.8. The van der Waals surface area contributed by atoms with Crippen LogP contribution in [-0.4, -0.2) is 54.1 Å². The van der Waals surface area contributed by atoms with Crippen LogP contribution in [0.5, 0.6) is 0 Å². The molecule has 0 bridgehead atoms. The van der Waals surface area contributed by atoms with Crippen molar-refractivity contribution in [1.82, 2.24) is 15.3 Å². The SMILES string of the molecule is CCCC(NC(=O)Cc1cc(F)cc(F)c1)C(=O)Nc1cnc(N2CCOCC2)cn1. The summed E-state index contributed by atoms with van der Waals surface area (Å²) >= 11 is 0. The number of amides is 2. The second-order valence-corrected chi connectivity index (χ2v) is 7.21. The van der Waals surface area contributed by atoms with Crippen LogP contribution in [0, 0.1) is 11.6 Å². The Morgan fingerprint density at radius 2 is 1.84 bits per heavy atom. The van der Waals surface area contributed by atoms with Crippen LogP contribution in [-0.2, 0) is 20.7 Å². The van der Waals surface area contributed by atoms with Gasteiger partial charge in [-0.15, -0.1) is 0 Å². The minimum absolute atomic E-state index is 0.190. The van der Waals surface area contributed by atoms with Crippen LogP contribution < -0.4 is 15.5 Å². The maximum atomic E-state index is 13.3. The van der Waals surface area contributed by atoms with E-state index in [-0.39, 0.29) is 17.8 Å². The van der Waals surface area contributed by atoms with E-state index in [0.29, 0.717) is 31.9 Å². The largest absolute Gasteiger partial charge is 0.378 e. The van der Waals surface area contributed by atoms with E-state index < -0.39 is 29.5 Å². The molecule has 166 valence electrons. The Balaban J connectivity index is 1.58. The number of ether oxygens (including phenoxy) is 1. The third-order valence-electron chi connectivity index (χ3n) is 4.74. The van der Waals surface area contributed by atoms with Gasteiger partial charge in [0.15, 0.2) is 5.82 Å². The number of morpholine rings is 1. The van der Waals surface area contributed by atoms with Crippen molar-refractivity contribution in [3.05, 3.63) is 47.8 Å². The van der Waals surface area contributed by atoms with Gasteiger partial charge in [-0.1, -0.05) is 13.3 Å². The van der Waals surface area contributed by atoms with Gasteiger partial charge >= 0.3 is 0 Å². The molecule has 1 atom stereocenters. The zero-order chi connectivity index (χ0) is 22.2. The molecule has 0 radical (unpaired) electrons. The van der Waals surface area contributed by atoms with Crippen LogP contribution in [0.25, 0.3) is 0 Å². The third kappa shape index (κ3) is 6.68. The molecule has 1 fully saturated rings. The molecule has 1 aliphatic rings. The normalized spacial score (nSPS) is 14.7. The van der Waals surface area contributed by atoms with Crippen LogP contribution in [0.15, 0.2) is 30.6 Å². The summed E-state index contributed by atoms with van der Waals surface area (Å²) in [4.78, 5) is 35.6. The molecule has 2 heterocycles. The Morgan fingerprint density at radius 1 is 1.13 bits per heavy atom. The molecule has 31 heavy (non-hydrogen) atoms. The highest BCUT2D eigenvalue weighted by Crippen LogP contribution is 2.13. The van der Waals surface area contributed by atoms with E-state index in [1.807, 2.05) is 11.8 Å². The molecule has 1 unspecified atom stereocenters. The standard InChI is InChI=1S/C21H25F2N5O3/c1-2-3-17(26-20(29)10-14-8-15(22)11-16(23)9-14)21(30)27-18-12-25-19(13-24-18)28-4-6-31-7-5-28/h8-9,11-13,17H,2-7,10H2,1H3,(H,26,29)(H,24,27,30). The van der Waals surface area contributed by atoms with E-state index in [0.717, 1.165) is 31.3 Å². The molecule has 1 aliphatic heterocycles. The summed E-state index contributed by atoms with van der Waals surface area (Å²) in [6, 6.07) is 2.10. The van der Waals surface area contributed by atoms with Crippen molar-refractivity contribution < 1.29 is 23.1 Å². The fraction of sp³-hybridized carbons (Fsp3) is 0.429. The van der Waals surface area contributed by atoms with Crippen molar-refractivity contribution in [2.75, 3.05) is 36.5 Å². The van der Waals surface area contributed by atoms with Gasteiger partial charge in [0.05, 0.1) is 32.0 Å². The highest BCUT2D eigenvalue weighted by atomic mass is 19.1. The topological polar surface area (TPSA) is 96.5 Å². The molecule has 0 spiro atoms. The van der Waals surface area contributed by atoms with Crippen molar-refractivity contribution in [2.45, 2.75) is 32.2 Å². The smallest absolute Gasteiger partial charge is 0.248 e. The summed E-state index contributed by atoms with van der Waals surface area (Å²) in [6.45, 7) is 4.58. The number of halogens is 2. The van der Waals surface area contributed by atoms with Crippen molar-refractivity contribution in [2.24, 2.45) is 0 Å². The average molecular weight is 433 g/mol. The van der Waals surface area contributed by atoms with E-state index in [1.54, 1.807) is 6.20 Å². The number of aromatic nitrogens is 2. The number of carbonyl (C=O) groups excluding carboxylic acids is 2. The lowest BCUT2D eigenvalue weighted by molar-refractivity contribution is -0.126. The fourth-order valence-electron chi connectivity index (χ4n) is 3.26. The summed E-state index contributed by atoms with van der Waals surface area (Å²) < 4.78 is 32.0. The van der Waals surface area contributed by atoms with Gasteiger partial charge in [0.2, 0.25) is 11.8 Å². The monoisotopic (exact) mass is 433 g/mol. The number of benzene rings is 1. The van der Waals surface area contributed by atoms with Crippen molar-refractivity contribution in [3.63, 3.8) is 0 Å². The third-order valence-corrected chi connectivity index (χ3v) is 4.74. The zero-order valence-corrected chi connectivity index (χ0v) is 17.2. The van der Waals surface area contributed by atoms with Gasteiger partial charge in [0.1, 0.15) is 23.5 Å². The molecule has 1 saturated heterocycles. The Hall–Kier alpha value is -3.14. The summed E-state index contributed by atoms with van der Waals surface area (Å²) in [5, 5.41) is 5.28. The van der Waals surface area contributed by atoms with Gasteiger partial charge in [0, 0.05) is 19.2 Å². The number of rotatable bonds is 8. The van der Waals surface area contributed by atoms with Gasteiger partial charge in [-0.3, -0.25) is 9.59 Å². The molecule has 0 aliphatic carbocycles. The molecule has 0 saturated carbocycles. The first-order chi connectivity index (χ1) is 14.9. The van der Waals surface area contributed by atoms with E-state index in [2.05, 4.69) is 20.6 Å². The Bertz CT molecular complexity index is 884. The summed E-state index contributed by atoms with van der Waals surface area (Å²) in [5.41, 5.74) is 0.190. The molecule has 2 aromatic rings. The molecule has 3 rings (SSSR count). The minimum atomic E-state index is -0.809. The predicted molar refractivity (Wildman–Crippen MR) is 111 cm³/mol. The van der Waals surface area contributed by atoms with Gasteiger partial charge in [-0.2, -0.15) is 0 Å². The average Bonchev–Trinajstić information content (AvgIpc) is 2.74. The number of hydrogen-bond acceptors (Lipinski definition) is 6. The first kappa shape index (κ1) is 22.5.